The number of rotatable bonds is 2. The third kappa shape index (κ3) is 5.89. The summed E-state index contributed by atoms with van der Waals surface area (Å²) >= 11 is 0. The Morgan fingerprint density at radius 1 is 1.12 bits per heavy atom. The molecule has 0 radical (unpaired) electrons. The van der Waals surface area contributed by atoms with Crippen molar-refractivity contribution in [2.45, 2.75) is 54.9 Å². The van der Waals surface area contributed by atoms with Crippen LogP contribution in [-0.4, -0.2) is 5.78 Å². The number of Topliss-reactive ketones (excluding diaryl/α,β-unsaturated/α-hetero) is 1. The van der Waals surface area contributed by atoms with E-state index in [1.165, 1.54) is 0 Å². The van der Waals surface area contributed by atoms with E-state index < -0.39 is 0 Å². The molecule has 1 aliphatic carbocycles. The molecule has 94 valence electrons. The lowest BCUT2D eigenvalue weighted by Gasteiger charge is -2.17. The van der Waals surface area contributed by atoms with Crippen molar-refractivity contribution in [3.8, 4) is 0 Å². The van der Waals surface area contributed by atoms with Crippen LogP contribution in [0.2, 0.25) is 0 Å². The Balaban J connectivity index is 0. The van der Waals surface area contributed by atoms with Gasteiger partial charge >= 0.3 is 0 Å². The van der Waals surface area contributed by atoms with E-state index in [2.05, 4.69) is 26.0 Å². The second-order valence-corrected chi connectivity index (χ2v) is 3.48. The summed E-state index contributed by atoms with van der Waals surface area (Å²) in [6.07, 6.45) is 6.76. The zero-order valence-electron chi connectivity index (χ0n) is 12.0. The van der Waals surface area contributed by atoms with E-state index in [-0.39, 0.29) is 5.78 Å². The average molecular weight is 224 g/mol. The van der Waals surface area contributed by atoms with E-state index in [1.807, 2.05) is 40.7 Å². The maximum Gasteiger partial charge on any atom is 0.162 e. The van der Waals surface area contributed by atoms with Gasteiger partial charge in [0.2, 0.25) is 0 Å². The molecule has 16 heavy (non-hydrogen) atoms. The summed E-state index contributed by atoms with van der Waals surface area (Å²) in [5.74, 6) is 1.32. The number of allylic oxidation sites excluding steroid dienone is 4. The summed E-state index contributed by atoms with van der Waals surface area (Å²) in [5.41, 5.74) is 0.892. The zero-order valence-corrected chi connectivity index (χ0v) is 12.0. The van der Waals surface area contributed by atoms with Crippen molar-refractivity contribution >= 4 is 5.78 Å². The minimum atomic E-state index is 0.255. The van der Waals surface area contributed by atoms with Crippen molar-refractivity contribution in [3.63, 3.8) is 0 Å². The number of carbonyl (C=O) groups excluding carboxylic acids is 1. The van der Waals surface area contributed by atoms with Crippen molar-refractivity contribution in [2.24, 2.45) is 11.8 Å². The molecule has 1 nitrogen and oxygen atoms in total. The lowest BCUT2D eigenvalue weighted by Crippen LogP contribution is -2.10. The fourth-order valence-corrected chi connectivity index (χ4v) is 1.31. The van der Waals surface area contributed by atoms with E-state index >= 15 is 0 Å². The summed E-state index contributed by atoms with van der Waals surface area (Å²) in [4.78, 5) is 11.3. The standard InChI is InChI=1S/C11H16O.2C2H6/c1-4-11(12)10-6-5-8(2)9(3)7-10;2*1-2/h5-9H,4H2,1-3H3;2*1-2H3. The van der Waals surface area contributed by atoms with Crippen LogP contribution < -0.4 is 0 Å². The summed E-state index contributed by atoms with van der Waals surface area (Å²) in [5, 5.41) is 0. The monoisotopic (exact) mass is 224 g/mol. The summed E-state index contributed by atoms with van der Waals surface area (Å²) in [7, 11) is 0. The largest absolute Gasteiger partial charge is 0.294 e. The Morgan fingerprint density at radius 2 is 1.62 bits per heavy atom. The highest BCUT2D eigenvalue weighted by Gasteiger charge is 2.14. The molecule has 0 amide bonds. The molecular formula is C15H28O. The zero-order chi connectivity index (χ0) is 13.1. The van der Waals surface area contributed by atoms with Crippen molar-refractivity contribution in [1.82, 2.24) is 0 Å². The third-order valence-corrected chi connectivity index (χ3v) is 2.49. The van der Waals surface area contributed by atoms with E-state index in [0.717, 1.165) is 5.57 Å². The Labute approximate surface area is 102 Å². The van der Waals surface area contributed by atoms with Gasteiger partial charge in [0.25, 0.3) is 0 Å². The van der Waals surface area contributed by atoms with Gasteiger partial charge in [0.05, 0.1) is 0 Å². The molecule has 0 N–H and O–H groups in total. The predicted molar refractivity (Wildman–Crippen MR) is 73.5 cm³/mol. The van der Waals surface area contributed by atoms with Crippen molar-refractivity contribution in [2.75, 3.05) is 0 Å². The van der Waals surface area contributed by atoms with Crippen LogP contribution in [0.1, 0.15) is 54.9 Å². The topological polar surface area (TPSA) is 17.1 Å². The van der Waals surface area contributed by atoms with Crippen LogP contribution in [0.25, 0.3) is 0 Å². The maximum atomic E-state index is 11.3. The highest BCUT2D eigenvalue weighted by molar-refractivity contribution is 5.97. The van der Waals surface area contributed by atoms with Crippen LogP contribution in [-0.2, 0) is 4.79 Å². The lowest BCUT2D eigenvalue weighted by atomic mass is 9.87. The Kier molecular flexibility index (Phi) is 11.7. The first-order chi connectivity index (χ1) is 7.65. The van der Waals surface area contributed by atoms with Crippen LogP contribution >= 0.6 is 0 Å². The Morgan fingerprint density at radius 3 is 2.00 bits per heavy atom. The molecule has 0 bridgehead atoms. The lowest BCUT2D eigenvalue weighted by molar-refractivity contribution is -0.115. The fraction of sp³-hybridized carbons (Fsp3) is 0.667. The van der Waals surface area contributed by atoms with E-state index in [4.69, 9.17) is 0 Å². The average Bonchev–Trinajstić information content (AvgIpc) is 2.36. The van der Waals surface area contributed by atoms with Crippen LogP contribution in [0.4, 0.5) is 0 Å². The number of hydrogen-bond donors (Lipinski definition) is 0. The van der Waals surface area contributed by atoms with Gasteiger partial charge in [-0.05, 0) is 11.8 Å². The van der Waals surface area contributed by atoms with E-state index in [0.29, 0.717) is 18.3 Å². The van der Waals surface area contributed by atoms with Gasteiger partial charge in [-0.2, -0.15) is 0 Å². The van der Waals surface area contributed by atoms with Gasteiger partial charge in [0.15, 0.2) is 5.78 Å². The minimum absolute atomic E-state index is 0.255. The fourth-order valence-electron chi connectivity index (χ4n) is 1.31. The first kappa shape index (κ1) is 17.5. The SMILES string of the molecule is CC.CC.CCC(=O)C1=CC(C)C(C)C=C1. The molecular weight excluding hydrogens is 196 g/mol. The number of ketones is 1. The van der Waals surface area contributed by atoms with Crippen LogP contribution in [0, 0.1) is 11.8 Å². The van der Waals surface area contributed by atoms with E-state index in [9.17, 15) is 4.79 Å². The molecule has 1 heteroatoms. The van der Waals surface area contributed by atoms with Gasteiger partial charge in [-0.25, -0.2) is 0 Å². The first-order valence-corrected chi connectivity index (χ1v) is 6.58. The minimum Gasteiger partial charge on any atom is -0.294 e. The number of hydrogen-bond acceptors (Lipinski definition) is 1. The molecule has 0 aromatic heterocycles. The normalized spacial score (nSPS) is 22.1. The van der Waals surface area contributed by atoms with Gasteiger partial charge in [0, 0.05) is 12.0 Å². The molecule has 0 fully saturated rings. The smallest absolute Gasteiger partial charge is 0.162 e. The van der Waals surface area contributed by atoms with Gasteiger partial charge in [-0.3, -0.25) is 4.79 Å². The molecule has 0 saturated heterocycles. The van der Waals surface area contributed by atoms with Gasteiger partial charge in [-0.1, -0.05) is 66.7 Å². The Hall–Kier alpha value is -0.850. The quantitative estimate of drug-likeness (QED) is 0.659. The predicted octanol–water partition coefficient (Wildman–Crippen LogP) is 4.79. The van der Waals surface area contributed by atoms with Crippen LogP contribution in [0.3, 0.4) is 0 Å². The summed E-state index contributed by atoms with van der Waals surface area (Å²) in [6.45, 7) is 14.2. The number of carbonyl (C=O) groups is 1. The third-order valence-electron chi connectivity index (χ3n) is 2.49. The van der Waals surface area contributed by atoms with E-state index in [1.54, 1.807) is 0 Å². The van der Waals surface area contributed by atoms with Crippen molar-refractivity contribution in [1.29, 1.82) is 0 Å². The summed E-state index contributed by atoms with van der Waals surface area (Å²) < 4.78 is 0. The molecule has 0 heterocycles. The second kappa shape index (κ2) is 10.7. The second-order valence-electron chi connectivity index (χ2n) is 3.48. The molecule has 2 atom stereocenters. The molecule has 0 aromatic rings. The maximum absolute atomic E-state index is 11.3. The first-order valence-electron chi connectivity index (χ1n) is 6.58. The molecule has 0 aromatic carbocycles. The van der Waals surface area contributed by atoms with Crippen molar-refractivity contribution < 1.29 is 4.79 Å². The molecule has 2 unspecified atom stereocenters. The van der Waals surface area contributed by atoms with Crippen LogP contribution in [0.5, 0.6) is 0 Å². The van der Waals surface area contributed by atoms with Crippen molar-refractivity contribution in [3.05, 3.63) is 23.8 Å². The Bertz CT molecular complexity index is 236. The highest BCUT2D eigenvalue weighted by atomic mass is 16.1. The summed E-state index contributed by atoms with van der Waals surface area (Å²) in [6, 6.07) is 0. The van der Waals surface area contributed by atoms with Gasteiger partial charge in [0.1, 0.15) is 0 Å². The van der Waals surface area contributed by atoms with Gasteiger partial charge < -0.3 is 0 Å². The molecule has 0 aliphatic heterocycles. The molecule has 0 spiro atoms. The van der Waals surface area contributed by atoms with Gasteiger partial charge in [-0.15, -0.1) is 0 Å². The molecule has 1 aliphatic rings. The molecule has 0 saturated carbocycles. The molecule has 1 rings (SSSR count). The van der Waals surface area contributed by atoms with Crippen LogP contribution in [0.15, 0.2) is 23.8 Å². The highest BCUT2D eigenvalue weighted by Crippen LogP contribution is 2.22.